The molecule has 0 saturated carbocycles. The van der Waals surface area contributed by atoms with Crippen LogP contribution in [0.5, 0.6) is 0 Å². The Hall–Kier alpha value is -4.11. The van der Waals surface area contributed by atoms with Gasteiger partial charge >= 0.3 is 0 Å². The number of carbonyl (C=O) groups excluding carboxylic acids is 2. The molecule has 2 heterocycles. The lowest BCUT2D eigenvalue weighted by Crippen LogP contribution is -2.20. The molecule has 8 nitrogen and oxygen atoms in total. The maximum atomic E-state index is 13.4. The summed E-state index contributed by atoms with van der Waals surface area (Å²) in [5.41, 5.74) is 3.00. The third-order valence-electron chi connectivity index (χ3n) is 4.68. The Labute approximate surface area is 188 Å². The molecule has 0 radical (unpaired) electrons. The van der Waals surface area contributed by atoms with Gasteiger partial charge in [-0.2, -0.15) is 4.68 Å². The molecule has 32 heavy (non-hydrogen) atoms. The molecule has 0 bridgehead atoms. The minimum atomic E-state index is -0.383. The summed E-state index contributed by atoms with van der Waals surface area (Å²) in [6.45, 7) is 3.27. The SMILES string of the molecule is CC(=O)Nc1cccc(NC(=O)/C(=C/c2cccs2)n2nnnc2-c2ccccc2)c1C. The Morgan fingerprint density at radius 3 is 2.41 bits per heavy atom. The average Bonchev–Trinajstić information content (AvgIpc) is 3.47. The summed E-state index contributed by atoms with van der Waals surface area (Å²) in [5.74, 6) is -0.116. The lowest BCUT2D eigenvalue weighted by molar-refractivity contribution is -0.114. The Kier molecular flexibility index (Phi) is 6.18. The number of nitrogens with one attached hydrogen (secondary N) is 2. The monoisotopic (exact) mass is 444 g/mol. The molecule has 2 aromatic heterocycles. The van der Waals surface area contributed by atoms with Crippen LogP contribution >= 0.6 is 11.3 Å². The summed E-state index contributed by atoms with van der Waals surface area (Å²) in [6, 6.07) is 18.6. The molecular formula is C23H20N6O2S. The summed E-state index contributed by atoms with van der Waals surface area (Å²) < 4.78 is 1.43. The smallest absolute Gasteiger partial charge is 0.274 e. The standard InChI is InChI=1S/C23H20N6O2S/c1-15-19(24-16(2)30)11-6-12-20(15)25-23(31)21(14-18-10-7-13-32-18)29-22(26-27-28-29)17-8-4-3-5-9-17/h3-14H,1-2H3,(H,24,30)(H,25,31)/b21-14-. The van der Waals surface area contributed by atoms with Gasteiger partial charge in [-0.05, 0) is 52.6 Å². The zero-order valence-corrected chi connectivity index (χ0v) is 18.3. The van der Waals surface area contributed by atoms with Crippen molar-refractivity contribution < 1.29 is 9.59 Å². The number of rotatable bonds is 6. The number of benzene rings is 2. The van der Waals surface area contributed by atoms with Crippen LogP contribution in [-0.2, 0) is 9.59 Å². The number of carbonyl (C=O) groups is 2. The highest BCUT2D eigenvalue weighted by atomic mass is 32.1. The van der Waals surface area contributed by atoms with Crippen LogP contribution in [0.15, 0.2) is 66.0 Å². The number of hydrogen-bond acceptors (Lipinski definition) is 6. The maximum absolute atomic E-state index is 13.4. The number of nitrogens with zero attached hydrogens (tertiary/aromatic N) is 4. The second-order valence-electron chi connectivity index (χ2n) is 6.94. The molecule has 9 heteroatoms. The van der Waals surface area contributed by atoms with Gasteiger partial charge in [0.25, 0.3) is 5.91 Å². The highest BCUT2D eigenvalue weighted by molar-refractivity contribution is 7.10. The molecule has 2 N–H and O–H groups in total. The molecule has 0 unspecified atom stereocenters. The molecule has 0 atom stereocenters. The molecule has 0 spiro atoms. The predicted molar refractivity (Wildman–Crippen MR) is 126 cm³/mol. The highest BCUT2D eigenvalue weighted by Gasteiger charge is 2.20. The molecule has 4 aromatic rings. The predicted octanol–water partition coefficient (Wildman–Crippen LogP) is 4.31. The Morgan fingerprint density at radius 1 is 0.969 bits per heavy atom. The van der Waals surface area contributed by atoms with Gasteiger partial charge in [0.15, 0.2) is 5.82 Å². The number of tetrazole rings is 1. The molecule has 0 aliphatic rings. The zero-order chi connectivity index (χ0) is 22.5. The van der Waals surface area contributed by atoms with E-state index in [-0.39, 0.29) is 17.5 Å². The van der Waals surface area contributed by atoms with E-state index in [1.807, 2.05) is 54.8 Å². The van der Waals surface area contributed by atoms with E-state index in [4.69, 9.17) is 0 Å². The van der Waals surface area contributed by atoms with Crippen LogP contribution in [0.2, 0.25) is 0 Å². The summed E-state index contributed by atoms with van der Waals surface area (Å²) in [7, 11) is 0. The molecule has 2 amide bonds. The van der Waals surface area contributed by atoms with Gasteiger partial charge in [0.2, 0.25) is 5.91 Å². The maximum Gasteiger partial charge on any atom is 0.274 e. The number of aromatic nitrogens is 4. The van der Waals surface area contributed by atoms with Gasteiger partial charge in [-0.1, -0.05) is 42.5 Å². The van der Waals surface area contributed by atoms with E-state index in [0.29, 0.717) is 17.2 Å². The lowest BCUT2D eigenvalue weighted by atomic mass is 10.1. The number of anilines is 2. The zero-order valence-electron chi connectivity index (χ0n) is 17.4. The average molecular weight is 445 g/mol. The van der Waals surface area contributed by atoms with Crippen LogP contribution in [-0.4, -0.2) is 32.0 Å². The summed E-state index contributed by atoms with van der Waals surface area (Å²) in [4.78, 5) is 25.8. The fraction of sp³-hybridized carbons (Fsp3) is 0.0870. The van der Waals surface area contributed by atoms with E-state index in [0.717, 1.165) is 16.0 Å². The van der Waals surface area contributed by atoms with E-state index in [9.17, 15) is 9.59 Å². The van der Waals surface area contributed by atoms with Crippen LogP contribution < -0.4 is 10.6 Å². The van der Waals surface area contributed by atoms with Gasteiger partial charge < -0.3 is 10.6 Å². The second-order valence-corrected chi connectivity index (χ2v) is 7.92. The van der Waals surface area contributed by atoms with Crippen LogP contribution in [0, 0.1) is 6.92 Å². The van der Waals surface area contributed by atoms with Crippen molar-refractivity contribution in [2.45, 2.75) is 13.8 Å². The van der Waals surface area contributed by atoms with Crippen LogP contribution in [0.3, 0.4) is 0 Å². The second kappa shape index (κ2) is 9.36. The van der Waals surface area contributed by atoms with Crippen molar-refractivity contribution in [1.29, 1.82) is 0 Å². The summed E-state index contributed by atoms with van der Waals surface area (Å²) >= 11 is 1.50. The molecule has 2 aromatic carbocycles. The van der Waals surface area contributed by atoms with Crippen molar-refractivity contribution in [3.63, 3.8) is 0 Å². The molecule has 0 fully saturated rings. The van der Waals surface area contributed by atoms with Crippen molar-refractivity contribution in [1.82, 2.24) is 20.2 Å². The van der Waals surface area contributed by atoms with E-state index in [1.165, 1.54) is 22.9 Å². The Bertz CT molecular complexity index is 1280. The third kappa shape index (κ3) is 4.62. The molecule has 4 rings (SSSR count). The van der Waals surface area contributed by atoms with Crippen LogP contribution in [0.1, 0.15) is 17.4 Å². The van der Waals surface area contributed by atoms with E-state index in [2.05, 4.69) is 26.2 Å². The van der Waals surface area contributed by atoms with Gasteiger partial charge in [0.1, 0.15) is 5.70 Å². The number of amides is 2. The first-order chi connectivity index (χ1) is 15.5. The van der Waals surface area contributed by atoms with Crippen molar-refractivity contribution in [3.05, 3.63) is 76.5 Å². The largest absolute Gasteiger partial charge is 0.326 e. The lowest BCUT2D eigenvalue weighted by Gasteiger charge is -2.14. The minimum absolute atomic E-state index is 0.184. The van der Waals surface area contributed by atoms with Crippen molar-refractivity contribution in [2.24, 2.45) is 0 Å². The Morgan fingerprint density at radius 2 is 1.72 bits per heavy atom. The molecule has 160 valence electrons. The van der Waals surface area contributed by atoms with Crippen LogP contribution in [0.25, 0.3) is 23.2 Å². The van der Waals surface area contributed by atoms with Gasteiger partial charge in [-0.3, -0.25) is 9.59 Å². The normalized spacial score (nSPS) is 11.2. The van der Waals surface area contributed by atoms with Crippen molar-refractivity contribution >= 4 is 46.3 Å². The van der Waals surface area contributed by atoms with Crippen molar-refractivity contribution in [2.75, 3.05) is 10.6 Å². The molecule has 0 aliphatic heterocycles. The topological polar surface area (TPSA) is 102 Å². The fourth-order valence-electron chi connectivity index (χ4n) is 3.13. The molecular weight excluding hydrogens is 424 g/mol. The fourth-order valence-corrected chi connectivity index (χ4v) is 3.78. The van der Waals surface area contributed by atoms with Gasteiger partial charge in [-0.15, -0.1) is 16.4 Å². The van der Waals surface area contributed by atoms with E-state index in [1.54, 1.807) is 24.3 Å². The number of hydrogen-bond donors (Lipinski definition) is 2. The first-order valence-electron chi connectivity index (χ1n) is 9.81. The first-order valence-corrected chi connectivity index (χ1v) is 10.7. The molecule has 0 saturated heterocycles. The van der Waals surface area contributed by atoms with E-state index < -0.39 is 0 Å². The quantitative estimate of drug-likeness (QED) is 0.432. The van der Waals surface area contributed by atoms with E-state index >= 15 is 0 Å². The number of thiophene rings is 1. The minimum Gasteiger partial charge on any atom is -0.326 e. The first kappa shape index (κ1) is 21.1. The van der Waals surface area contributed by atoms with Crippen LogP contribution in [0.4, 0.5) is 11.4 Å². The Balaban J connectivity index is 1.73. The van der Waals surface area contributed by atoms with Gasteiger partial charge in [-0.25, -0.2) is 0 Å². The molecule has 0 aliphatic carbocycles. The highest BCUT2D eigenvalue weighted by Crippen LogP contribution is 2.26. The summed E-state index contributed by atoms with van der Waals surface area (Å²) in [6.07, 6.45) is 1.75. The third-order valence-corrected chi connectivity index (χ3v) is 5.50. The summed E-state index contributed by atoms with van der Waals surface area (Å²) in [5, 5.41) is 19.7. The van der Waals surface area contributed by atoms with Crippen molar-refractivity contribution in [3.8, 4) is 11.4 Å². The van der Waals surface area contributed by atoms with Gasteiger partial charge in [0.05, 0.1) is 0 Å². The van der Waals surface area contributed by atoms with Gasteiger partial charge in [0, 0.05) is 28.7 Å².